The van der Waals surface area contributed by atoms with Gasteiger partial charge in [-0.2, -0.15) is 5.26 Å². The highest BCUT2D eigenvalue weighted by Gasteiger charge is 2.15. The zero-order chi connectivity index (χ0) is 22.4. The van der Waals surface area contributed by atoms with Gasteiger partial charge in [0.1, 0.15) is 17.4 Å². The fourth-order valence-electron chi connectivity index (χ4n) is 3.06. The highest BCUT2D eigenvalue weighted by atomic mass is 16.5. The number of H-pyrrole nitrogens is 1. The number of nitriles is 1. The lowest BCUT2D eigenvalue weighted by Gasteiger charge is -2.14. The number of aromatic nitrogens is 1. The van der Waals surface area contributed by atoms with Crippen LogP contribution in [0.5, 0.6) is 17.2 Å². The zero-order valence-corrected chi connectivity index (χ0v) is 17.3. The average molecular weight is 419 g/mol. The number of carbonyl (C=O) groups excluding carboxylic acids is 1. The molecule has 158 valence electrons. The minimum atomic E-state index is -0.454. The van der Waals surface area contributed by atoms with Gasteiger partial charge in [0.2, 0.25) is 0 Å². The maximum absolute atomic E-state index is 12.3. The molecule has 2 aromatic carbocycles. The van der Waals surface area contributed by atoms with Crippen molar-refractivity contribution in [2.24, 2.45) is 0 Å². The summed E-state index contributed by atoms with van der Waals surface area (Å²) >= 11 is 0. The van der Waals surface area contributed by atoms with Crippen LogP contribution in [-0.4, -0.2) is 31.7 Å². The lowest BCUT2D eigenvalue weighted by Crippen LogP contribution is -2.20. The molecule has 0 saturated carbocycles. The number of nitrogens with zero attached hydrogens (tertiary/aromatic N) is 1. The van der Waals surface area contributed by atoms with Crippen molar-refractivity contribution in [2.75, 3.05) is 26.1 Å². The third-order valence-corrected chi connectivity index (χ3v) is 4.49. The van der Waals surface area contributed by atoms with Gasteiger partial charge in [0.05, 0.1) is 19.9 Å². The number of aryl methyl sites for hydroxylation is 1. The molecule has 0 fully saturated rings. The molecule has 31 heavy (non-hydrogen) atoms. The van der Waals surface area contributed by atoms with Gasteiger partial charge in [-0.15, -0.1) is 0 Å². The van der Waals surface area contributed by atoms with Crippen LogP contribution in [0.4, 0.5) is 5.69 Å². The summed E-state index contributed by atoms with van der Waals surface area (Å²) < 4.78 is 16.2. The Morgan fingerprint density at radius 2 is 1.81 bits per heavy atom. The number of aromatic amines is 1. The van der Waals surface area contributed by atoms with E-state index in [0.717, 1.165) is 0 Å². The predicted molar refractivity (Wildman–Crippen MR) is 116 cm³/mol. The number of anilines is 1. The van der Waals surface area contributed by atoms with E-state index >= 15 is 0 Å². The van der Waals surface area contributed by atoms with E-state index in [0.29, 0.717) is 39.8 Å². The van der Waals surface area contributed by atoms with Crippen LogP contribution in [0, 0.1) is 18.3 Å². The van der Waals surface area contributed by atoms with E-state index in [1.807, 2.05) is 6.07 Å². The van der Waals surface area contributed by atoms with E-state index in [9.17, 15) is 14.9 Å². The first-order chi connectivity index (χ1) is 15.0. The Labute approximate surface area is 179 Å². The number of methoxy groups -OCH3 is 2. The Morgan fingerprint density at radius 1 is 1.06 bits per heavy atom. The van der Waals surface area contributed by atoms with Crippen molar-refractivity contribution in [3.05, 3.63) is 70.1 Å². The topological polar surface area (TPSA) is 113 Å². The molecule has 8 nitrogen and oxygen atoms in total. The average Bonchev–Trinajstić information content (AvgIpc) is 2.77. The molecule has 0 aliphatic heterocycles. The predicted octanol–water partition coefficient (Wildman–Crippen LogP) is 3.26. The van der Waals surface area contributed by atoms with Crippen molar-refractivity contribution in [1.29, 1.82) is 5.26 Å². The van der Waals surface area contributed by atoms with Gasteiger partial charge in [-0.25, -0.2) is 0 Å². The van der Waals surface area contributed by atoms with Gasteiger partial charge in [-0.3, -0.25) is 9.59 Å². The Kier molecular flexibility index (Phi) is 6.58. The van der Waals surface area contributed by atoms with Crippen LogP contribution in [0.25, 0.3) is 11.1 Å². The van der Waals surface area contributed by atoms with Crippen LogP contribution < -0.4 is 25.1 Å². The molecule has 1 amide bonds. The van der Waals surface area contributed by atoms with E-state index in [2.05, 4.69) is 10.3 Å². The number of hydrogen-bond donors (Lipinski definition) is 2. The number of nitrogens with one attached hydrogen (secondary N) is 2. The molecule has 8 heteroatoms. The fourth-order valence-corrected chi connectivity index (χ4v) is 3.06. The van der Waals surface area contributed by atoms with Gasteiger partial charge < -0.3 is 24.5 Å². The number of hydrogen-bond acceptors (Lipinski definition) is 6. The van der Waals surface area contributed by atoms with Gasteiger partial charge in [0, 0.05) is 11.3 Å². The number of rotatable bonds is 7. The summed E-state index contributed by atoms with van der Waals surface area (Å²) in [5, 5.41) is 12.1. The van der Waals surface area contributed by atoms with Crippen LogP contribution in [-0.2, 0) is 4.79 Å². The highest BCUT2D eigenvalue weighted by molar-refractivity contribution is 5.93. The fraction of sp³-hybridized carbons (Fsp3) is 0.174. The van der Waals surface area contributed by atoms with Gasteiger partial charge in [0.15, 0.2) is 18.1 Å². The third-order valence-electron chi connectivity index (χ3n) is 4.49. The van der Waals surface area contributed by atoms with Crippen LogP contribution >= 0.6 is 0 Å². The van der Waals surface area contributed by atoms with E-state index in [-0.39, 0.29) is 18.1 Å². The molecule has 0 atom stereocenters. The van der Waals surface area contributed by atoms with Crippen molar-refractivity contribution in [3.63, 3.8) is 0 Å². The molecule has 0 aliphatic carbocycles. The summed E-state index contributed by atoms with van der Waals surface area (Å²) in [4.78, 5) is 27.0. The van der Waals surface area contributed by atoms with E-state index in [1.165, 1.54) is 14.2 Å². The lowest BCUT2D eigenvalue weighted by atomic mass is 10.0. The molecular formula is C23H21N3O5. The largest absolute Gasteiger partial charge is 0.495 e. The Hall–Kier alpha value is -4.25. The van der Waals surface area contributed by atoms with Crippen LogP contribution in [0.15, 0.2) is 53.3 Å². The standard InChI is InChI=1S/C23H21N3O5/c1-14-10-16(17(12-24)23(28)25-14)15-8-9-20(21(11-15)30-3)31-13-22(27)26-18-6-4-5-7-19(18)29-2/h4-11H,13H2,1-3H3,(H,25,28)(H,26,27). The van der Waals surface area contributed by atoms with Crippen molar-refractivity contribution in [1.82, 2.24) is 4.98 Å². The summed E-state index contributed by atoms with van der Waals surface area (Å²) in [6, 6.07) is 15.7. The second-order valence-corrected chi connectivity index (χ2v) is 6.58. The van der Waals surface area contributed by atoms with E-state index in [4.69, 9.17) is 14.2 Å². The van der Waals surface area contributed by atoms with Gasteiger partial charge in [-0.05, 0) is 42.8 Å². The monoisotopic (exact) mass is 419 g/mol. The van der Waals surface area contributed by atoms with Crippen LogP contribution in [0.3, 0.4) is 0 Å². The lowest BCUT2D eigenvalue weighted by molar-refractivity contribution is -0.118. The molecule has 3 aromatic rings. The molecular weight excluding hydrogens is 398 g/mol. The second-order valence-electron chi connectivity index (χ2n) is 6.58. The van der Waals surface area contributed by atoms with Gasteiger partial charge in [-0.1, -0.05) is 18.2 Å². The van der Waals surface area contributed by atoms with Crippen molar-refractivity contribution in [3.8, 4) is 34.4 Å². The number of pyridine rings is 1. The molecule has 0 spiro atoms. The highest BCUT2D eigenvalue weighted by Crippen LogP contribution is 2.33. The summed E-state index contributed by atoms with van der Waals surface area (Å²) in [6.45, 7) is 1.49. The molecule has 0 saturated heterocycles. The zero-order valence-electron chi connectivity index (χ0n) is 17.3. The smallest absolute Gasteiger partial charge is 0.266 e. The first-order valence-corrected chi connectivity index (χ1v) is 9.35. The molecule has 1 aromatic heterocycles. The molecule has 0 unspecified atom stereocenters. The molecule has 3 rings (SSSR count). The Balaban J connectivity index is 1.79. The summed E-state index contributed by atoms with van der Waals surface area (Å²) in [5.74, 6) is 0.887. The normalized spacial score (nSPS) is 10.1. The number of carbonyl (C=O) groups is 1. The number of para-hydroxylation sites is 2. The first kappa shape index (κ1) is 21.5. The Bertz CT molecular complexity index is 1210. The molecule has 2 N–H and O–H groups in total. The first-order valence-electron chi connectivity index (χ1n) is 9.35. The SMILES string of the molecule is COc1ccccc1NC(=O)COc1ccc(-c2cc(C)[nH]c(=O)c2C#N)cc1OC. The summed E-state index contributed by atoms with van der Waals surface area (Å²) in [7, 11) is 2.99. The van der Waals surface area contributed by atoms with E-state index < -0.39 is 5.56 Å². The maximum Gasteiger partial charge on any atom is 0.266 e. The minimum Gasteiger partial charge on any atom is -0.495 e. The molecule has 0 bridgehead atoms. The van der Waals surface area contributed by atoms with Gasteiger partial charge in [0.25, 0.3) is 11.5 Å². The number of amides is 1. The van der Waals surface area contributed by atoms with Crippen LogP contribution in [0.1, 0.15) is 11.3 Å². The van der Waals surface area contributed by atoms with Crippen LogP contribution in [0.2, 0.25) is 0 Å². The van der Waals surface area contributed by atoms with Crippen molar-refractivity contribution < 1.29 is 19.0 Å². The van der Waals surface area contributed by atoms with Crippen molar-refractivity contribution >= 4 is 11.6 Å². The quantitative estimate of drug-likeness (QED) is 0.608. The minimum absolute atomic E-state index is 0.0116. The summed E-state index contributed by atoms with van der Waals surface area (Å²) in [6.07, 6.45) is 0. The van der Waals surface area contributed by atoms with E-state index in [1.54, 1.807) is 55.5 Å². The number of benzene rings is 2. The van der Waals surface area contributed by atoms with Crippen molar-refractivity contribution in [2.45, 2.75) is 6.92 Å². The third kappa shape index (κ3) is 4.85. The maximum atomic E-state index is 12.3. The molecule has 0 aliphatic rings. The number of ether oxygens (including phenoxy) is 3. The summed E-state index contributed by atoms with van der Waals surface area (Å²) in [5.41, 5.74) is 1.83. The molecule has 1 heterocycles. The molecule has 0 radical (unpaired) electrons. The Morgan fingerprint density at radius 3 is 2.52 bits per heavy atom. The van der Waals surface area contributed by atoms with Gasteiger partial charge >= 0.3 is 0 Å². The second kappa shape index (κ2) is 9.50.